The van der Waals surface area contributed by atoms with Crippen molar-refractivity contribution in [2.45, 2.75) is 13.0 Å². The number of hydrogen-bond donors (Lipinski definition) is 1. The molecule has 3 rings (SSSR count). The van der Waals surface area contributed by atoms with E-state index in [-0.39, 0.29) is 18.9 Å². The Hall–Kier alpha value is -2.35. The number of carboxylic acid groups (broad SMARTS) is 1. The predicted octanol–water partition coefficient (Wildman–Crippen LogP) is 1.03. The highest BCUT2D eigenvalue weighted by molar-refractivity contribution is 7.13. The molecule has 1 fully saturated rings. The third kappa shape index (κ3) is 2.89. The van der Waals surface area contributed by atoms with E-state index in [0.717, 1.165) is 5.69 Å². The van der Waals surface area contributed by atoms with Gasteiger partial charge in [-0.15, -0.1) is 11.3 Å². The molecule has 0 radical (unpaired) electrons. The third-order valence-electron chi connectivity index (χ3n) is 3.23. The van der Waals surface area contributed by atoms with E-state index in [1.165, 1.54) is 16.2 Å². The molecule has 21 heavy (non-hydrogen) atoms. The van der Waals surface area contributed by atoms with Crippen LogP contribution in [-0.4, -0.2) is 43.4 Å². The maximum absolute atomic E-state index is 11.8. The molecule has 2 aromatic heterocycles. The topological polar surface area (TPSA) is 96.3 Å². The molecule has 1 saturated heterocycles. The van der Waals surface area contributed by atoms with Gasteiger partial charge < -0.3 is 10.0 Å². The highest BCUT2D eigenvalue weighted by atomic mass is 32.1. The number of likely N-dealkylation sites (tertiary alicyclic amines) is 1. The molecule has 0 aromatic carbocycles. The molecule has 0 spiro atoms. The monoisotopic (exact) mass is 304 g/mol. The number of amides is 1. The zero-order valence-corrected chi connectivity index (χ0v) is 11.8. The summed E-state index contributed by atoms with van der Waals surface area (Å²) in [6, 6.07) is 1.73. The number of aromatic nitrogens is 3. The maximum Gasteiger partial charge on any atom is 0.308 e. The summed E-state index contributed by atoms with van der Waals surface area (Å²) in [5, 5.41) is 11.5. The second kappa shape index (κ2) is 5.57. The van der Waals surface area contributed by atoms with E-state index >= 15 is 0 Å². The minimum Gasteiger partial charge on any atom is -0.481 e. The van der Waals surface area contributed by atoms with Crippen molar-refractivity contribution < 1.29 is 14.7 Å². The molecule has 8 heteroatoms. The number of rotatable bonds is 4. The smallest absolute Gasteiger partial charge is 0.308 e. The Morgan fingerprint density at radius 3 is 2.86 bits per heavy atom. The van der Waals surface area contributed by atoms with Crippen molar-refractivity contribution in [1.82, 2.24) is 19.9 Å². The lowest BCUT2D eigenvalue weighted by molar-refractivity contribution is -0.141. The van der Waals surface area contributed by atoms with Gasteiger partial charge in [0.2, 0.25) is 5.91 Å². The number of carbonyl (C=O) groups is 2. The van der Waals surface area contributed by atoms with Crippen molar-refractivity contribution in [3.05, 3.63) is 29.5 Å². The molecular weight excluding hydrogens is 292 g/mol. The third-order valence-corrected chi connectivity index (χ3v) is 4.11. The fraction of sp³-hybridized carbons (Fsp3) is 0.308. The number of thiazole rings is 1. The lowest BCUT2D eigenvalue weighted by Crippen LogP contribution is -2.25. The first kappa shape index (κ1) is 13.6. The number of nitrogens with zero attached hydrogens (tertiary/aromatic N) is 4. The summed E-state index contributed by atoms with van der Waals surface area (Å²) in [5.41, 5.74) is 0.724. The second-order valence-electron chi connectivity index (χ2n) is 4.73. The first-order valence-corrected chi connectivity index (χ1v) is 7.24. The quantitative estimate of drug-likeness (QED) is 0.906. The Kier molecular flexibility index (Phi) is 3.61. The van der Waals surface area contributed by atoms with Crippen molar-refractivity contribution in [3.8, 4) is 10.8 Å². The number of hydrogen-bond acceptors (Lipinski definition) is 6. The first-order chi connectivity index (χ1) is 10.1. The van der Waals surface area contributed by atoms with Crippen LogP contribution in [0.3, 0.4) is 0 Å². The summed E-state index contributed by atoms with van der Waals surface area (Å²) in [6.07, 6.45) is 3.35. The molecular formula is C13H12N4O3S. The average Bonchev–Trinajstić information content (AvgIpc) is 3.08. The zero-order valence-electron chi connectivity index (χ0n) is 11.0. The molecule has 0 saturated carbocycles. The van der Waals surface area contributed by atoms with Gasteiger partial charge in [-0.05, 0) is 6.07 Å². The van der Waals surface area contributed by atoms with E-state index in [4.69, 9.17) is 5.11 Å². The van der Waals surface area contributed by atoms with E-state index in [0.29, 0.717) is 17.4 Å². The minimum atomic E-state index is -0.928. The van der Waals surface area contributed by atoms with E-state index in [1.54, 1.807) is 18.5 Å². The molecule has 0 unspecified atom stereocenters. The first-order valence-electron chi connectivity index (χ1n) is 6.36. The molecule has 0 bridgehead atoms. The van der Waals surface area contributed by atoms with Gasteiger partial charge in [0, 0.05) is 30.7 Å². The van der Waals surface area contributed by atoms with Crippen LogP contribution in [0, 0.1) is 5.92 Å². The van der Waals surface area contributed by atoms with Crippen LogP contribution in [0.25, 0.3) is 10.8 Å². The Bertz CT molecular complexity index is 673. The largest absolute Gasteiger partial charge is 0.481 e. The summed E-state index contributed by atoms with van der Waals surface area (Å²) >= 11 is 1.40. The van der Waals surface area contributed by atoms with E-state index in [2.05, 4.69) is 15.0 Å². The van der Waals surface area contributed by atoms with Gasteiger partial charge in [-0.25, -0.2) is 15.0 Å². The van der Waals surface area contributed by atoms with Gasteiger partial charge in [-0.2, -0.15) is 0 Å². The lowest BCUT2D eigenvalue weighted by Gasteiger charge is -2.13. The lowest BCUT2D eigenvalue weighted by atomic mass is 10.1. The normalized spacial score (nSPS) is 18.2. The van der Waals surface area contributed by atoms with Crippen LogP contribution in [0.4, 0.5) is 0 Å². The van der Waals surface area contributed by atoms with Gasteiger partial charge in [-0.1, -0.05) is 0 Å². The van der Waals surface area contributed by atoms with Crippen LogP contribution in [0.15, 0.2) is 23.8 Å². The van der Waals surface area contributed by atoms with Crippen LogP contribution in [0.1, 0.15) is 12.1 Å². The van der Waals surface area contributed by atoms with Crippen molar-refractivity contribution >= 4 is 23.2 Å². The van der Waals surface area contributed by atoms with E-state index < -0.39 is 11.9 Å². The van der Waals surface area contributed by atoms with Crippen LogP contribution in [-0.2, 0) is 16.1 Å². The van der Waals surface area contributed by atoms with Gasteiger partial charge in [0.15, 0.2) is 10.8 Å². The zero-order chi connectivity index (χ0) is 14.8. The summed E-state index contributed by atoms with van der Waals surface area (Å²) < 4.78 is 0. The van der Waals surface area contributed by atoms with Gasteiger partial charge in [0.1, 0.15) is 0 Å². The molecule has 0 aliphatic carbocycles. The predicted molar refractivity (Wildman–Crippen MR) is 74.3 cm³/mol. The number of aliphatic carboxylic acids is 1. The highest BCUT2D eigenvalue weighted by Crippen LogP contribution is 2.23. The molecule has 3 heterocycles. The molecule has 1 atom stereocenters. The van der Waals surface area contributed by atoms with Crippen LogP contribution in [0.5, 0.6) is 0 Å². The van der Waals surface area contributed by atoms with E-state index in [9.17, 15) is 9.59 Å². The average molecular weight is 304 g/mol. The molecule has 1 aliphatic heterocycles. The molecule has 2 aromatic rings. The Morgan fingerprint density at radius 1 is 1.43 bits per heavy atom. The number of carbonyl (C=O) groups excluding carboxylic acids is 1. The molecule has 108 valence electrons. The van der Waals surface area contributed by atoms with Crippen LogP contribution < -0.4 is 0 Å². The summed E-state index contributed by atoms with van der Waals surface area (Å²) in [4.78, 5) is 36.9. The van der Waals surface area contributed by atoms with Crippen LogP contribution in [0.2, 0.25) is 0 Å². The standard InChI is InChI=1S/C13H12N4O3S/c18-10-4-8(13(19)20)5-17(10)6-9-7-21-12(16-9)11-14-2-1-3-15-11/h1-3,7-8H,4-6H2,(H,19,20)/t8-/m0/s1. The van der Waals surface area contributed by atoms with Gasteiger partial charge in [0.25, 0.3) is 0 Å². The summed E-state index contributed by atoms with van der Waals surface area (Å²) in [5.74, 6) is -1.15. The molecule has 1 N–H and O–H groups in total. The van der Waals surface area contributed by atoms with Gasteiger partial charge >= 0.3 is 5.97 Å². The molecule has 7 nitrogen and oxygen atoms in total. The highest BCUT2D eigenvalue weighted by Gasteiger charge is 2.34. The summed E-state index contributed by atoms with van der Waals surface area (Å²) in [6.45, 7) is 0.564. The SMILES string of the molecule is O=C(O)[C@H]1CC(=O)N(Cc2csc(-c3ncccn3)n2)C1. The summed E-state index contributed by atoms with van der Waals surface area (Å²) in [7, 11) is 0. The van der Waals surface area contributed by atoms with Crippen molar-refractivity contribution in [1.29, 1.82) is 0 Å². The Morgan fingerprint density at radius 2 is 2.19 bits per heavy atom. The van der Waals surface area contributed by atoms with Crippen molar-refractivity contribution in [3.63, 3.8) is 0 Å². The van der Waals surface area contributed by atoms with Crippen molar-refractivity contribution in [2.24, 2.45) is 5.92 Å². The van der Waals surface area contributed by atoms with Gasteiger partial charge in [-0.3, -0.25) is 9.59 Å². The second-order valence-corrected chi connectivity index (χ2v) is 5.59. The van der Waals surface area contributed by atoms with Crippen molar-refractivity contribution in [2.75, 3.05) is 6.54 Å². The Labute approximate surface area is 124 Å². The van der Waals surface area contributed by atoms with Gasteiger partial charge in [0.05, 0.1) is 18.2 Å². The minimum absolute atomic E-state index is 0.0636. The number of carboxylic acids is 1. The molecule has 1 aliphatic rings. The fourth-order valence-electron chi connectivity index (χ4n) is 2.18. The Balaban J connectivity index is 1.71. The molecule has 1 amide bonds. The van der Waals surface area contributed by atoms with Crippen LogP contribution >= 0.6 is 11.3 Å². The van der Waals surface area contributed by atoms with E-state index in [1.807, 2.05) is 5.38 Å². The fourth-order valence-corrected chi connectivity index (χ4v) is 2.93. The maximum atomic E-state index is 11.8.